The van der Waals surface area contributed by atoms with E-state index in [4.69, 9.17) is 10.2 Å². The Balaban J connectivity index is 3.39. The van der Waals surface area contributed by atoms with Gasteiger partial charge in [0.1, 0.15) is 5.60 Å². The first kappa shape index (κ1) is 18.8. The van der Waals surface area contributed by atoms with Crippen molar-refractivity contribution in [2.24, 2.45) is 5.41 Å². The monoisotopic (exact) mass is 322 g/mol. The number of allylic oxidation sites excluding steroid dienone is 2. The molecule has 1 rings (SSSR count). The van der Waals surface area contributed by atoms with E-state index in [1.807, 2.05) is 0 Å². The van der Waals surface area contributed by atoms with Gasteiger partial charge in [0.2, 0.25) is 0 Å². The number of ketones is 1. The van der Waals surface area contributed by atoms with Crippen molar-refractivity contribution in [1.82, 2.24) is 0 Å². The van der Waals surface area contributed by atoms with Crippen LogP contribution in [0.2, 0.25) is 0 Å². The Labute approximate surface area is 134 Å². The van der Waals surface area contributed by atoms with Gasteiger partial charge < -0.3 is 15.3 Å². The first-order valence-electron chi connectivity index (χ1n) is 7.19. The molecule has 1 aliphatic rings. The lowest BCUT2D eigenvalue weighted by Crippen LogP contribution is -2.49. The standard InChI is InChI=1S/C17H22O6/c1-10(7-14(19)20)5-6-17(23)11(2)12(8-15(21)22)13(18)9-16(17,3)4/h5-7,23H,8-9H2,1-4H3,(H,19,20)(H,21,22)/t17-/m1/s1. The Morgan fingerprint density at radius 1 is 1.26 bits per heavy atom. The number of rotatable bonds is 5. The molecule has 0 heterocycles. The molecule has 0 aromatic rings. The van der Waals surface area contributed by atoms with Gasteiger partial charge in [0, 0.05) is 23.5 Å². The maximum Gasteiger partial charge on any atom is 0.328 e. The molecule has 0 aromatic heterocycles. The number of carboxylic acid groups (broad SMARTS) is 2. The third-order valence-electron chi connectivity index (χ3n) is 4.26. The van der Waals surface area contributed by atoms with Gasteiger partial charge in [-0.1, -0.05) is 19.9 Å². The van der Waals surface area contributed by atoms with Crippen LogP contribution in [0.3, 0.4) is 0 Å². The van der Waals surface area contributed by atoms with Crippen LogP contribution in [0.4, 0.5) is 0 Å². The molecule has 6 heteroatoms. The fraction of sp³-hybridized carbons (Fsp3) is 0.471. The number of carbonyl (C=O) groups excluding carboxylic acids is 1. The fourth-order valence-corrected chi connectivity index (χ4v) is 2.82. The summed E-state index contributed by atoms with van der Waals surface area (Å²) in [5.41, 5.74) is -1.55. The van der Waals surface area contributed by atoms with Crippen molar-refractivity contribution in [3.8, 4) is 0 Å². The average Bonchev–Trinajstić information content (AvgIpc) is 2.38. The molecule has 3 N–H and O–H groups in total. The molecule has 0 unspecified atom stereocenters. The van der Waals surface area contributed by atoms with Gasteiger partial charge in [0.05, 0.1) is 6.42 Å². The van der Waals surface area contributed by atoms with Crippen molar-refractivity contribution in [2.45, 2.75) is 46.1 Å². The van der Waals surface area contributed by atoms with E-state index in [-0.39, 0.29) is 17.8 Å². The highest BCUT2D eigenvalue weighted by Gasteiger charge is 2.49. The number of hydrogen-bond acceptors (Lipinski definition) is 4. The second-order valence-electron chi connectivity index (χ2n) is 6.48. The number of carbonyl (C=O) groups is 3. The maximum absolute atomic E-state index is 12.2. The molecule has 0 amide bonds. The van der Waals surface area contributed by atoms with Crippen molar-refractivity contribution >= 4 is 17.7 Å². The molecule has 6 nitrogen and oxygen atoms in total. The molecule has 1 atom stereocenters. The second-order valence-corrected chi connectivity index (χ2v) is 6.48. The van der Waals surface area contributed by atoms with Gasteiger partial charge in [-0.25, -0.2) is 4.79 Å². The topological polar surface area (TPSA) is 112 Å². The van der Waals surface area contributed by atoms with Crippen LogP contribution in [-0.4, -0.2) is 38.6 Å². The van der Waals surface area contributed by atoms with Gasteiger partial charge in [-0.05, 0) is 31.1 Å². The Kier molecular flexibility index (Phi) is 5.32. The largest absolute Gasteiger partial charge is 0.481 e. The van der Waals surface area contributed by atoms with E-state index in [2.05, 4.69) is 0 Å². The Hall–Kier alpha value is -2.21. The summed E-state index contributed by atoms with van der Waals surface area (Å²) in [6, 6.07) is 0. The number of hydrogen-bond donors (Lipinski definition) is 3. The summed E-state index contributed by atoms with van der Waals surface area (Å²) < 4.78 is 0. The molecule has 23 heavy (non-hydrogen) atoms. The molecule has 0 fully saturated rings. The molecule has 0 aliphatic heterocycles. The Morgan fingerprint density at radius 3 is 2.30 bits per heavy atom. The minimum atomic E-state index is -1.53. The third kappa shape index (κ3) is 3.96. The van der Waals surface area contributed by atoms with Crippen LogP contribution >= 0.6 is 0 Å². The minimum absolute atomic E-state index is 0.00941. The molecule has 1 aliphatic carbocycles. The number of aliphatic carboxylic acids is 2. The summed E-state index contributed by atoms with van der Waals surface area (Å²) in [6.45, 7) is 6.54. The minimum Gasteiger partial charge on any atom is -0.481 e. The van der Waals surface area contributed by atoms with Gasteiger partial charge in [-0.3, -0.25) is 9.59 Å². The van der Waals surface area contributed by atoms with E-state index in [1.165, 1.54) is 19.1 Å². The lowest BCUT2D eigenvalue weighted by atomic mass is 9.62. The first-order valence-corrected chi connectivity index (χ1v) is 7.19. The normalized spacial score (nSPS) is 25.1. The van der Waals surface area contributed by atoms with Crippen molar-refractivity contribution in [3.63, 3.8) is 0 Å². The number of carboxylic acids is 2. The smallest absolute Gasteiger partial charge is 0.328 e. The summed E-state index contributed by atoms with van der Waals surface area (Å²) in [5, 5.41) is 28.8. The molecule has 126 valence electrons. The van der Waals surface area contributed by atoms with Gasteiger partial charge >= 0.3 is 11.9 Å². The highest BCUT2D eigenvalue weighted by molar-refractivity contribution is 6.01. The number of aliphatic hydroxyl groups is 1. The molecular formula is C17H22O6. The van der Waals surface area contributed by atoms with Crippen molar-refractivity contribution in [3.05, 3.63) is 34.9 Å². The van der Waals surface area contributed by atoms with Crippen LogP contribution < -0.4 is 0 Å². The molecular weight excluding hydrogens is 300 g/mol. The second kappa shape index (κ2) is 6.50. The highest BCUT2D eigenvalue weighted by Crippen LogP contribution is 2.47. The van der Waals surface area contributed by atoms with Crippen LogP contribution in [0.1, 0.15) is 40.5 Å². The van der Waals surface area contributed by atoms with E-state index >= 15 is 0 Å². The van der Waals surface area contributed by atoms with E-state index in [9.17, 15) is 19.5 Å². The Bertz CT molecular complexity index is 635. The molecule has 0 radical (unpaired) electrons. The third-order valence-corrected chi connectivity index (χ3v) is 4.26. The van der Waals surface area contributed by atoms with Crippen LogP contribution in [0.5, 0.6) is 0 Å². The van der Waals surface area contributed by atoms with Crippen molar-refractivity contribution < 1.29 is 29.7 Å². The molecule has 0 spiro atoms. The van der Waals surface area contributed by atoms with Crippen molar-refractivity contribution in [1.29, 1.82) is 0 Å². The highest BCUT2D eigenvalue weighted by atomic mass is 16.4. The fourth-order valence-electron chi connectivity index (χ4n) is 2.82. The zero-order valence-corrected chi connectivity index (χ0v) is 13.7. The first-order chi connectivity index (χ1) is 10.4. The average molecular weight is 322 g/mol. The lowest BCUT2D eigenvalue weighted by Gasteiger charge is -2.45. The zero-order chi connectivity index (χ0) is 18.0. The summed E-state index contributed by atoms with van der Waals surface area (Å²) in [4.78, 5) is 33.8. The van der Waals surface area contributed by atoms with E-state index in [0.717, 1.165) is 6.08 Å². The molecule has 0 aromatic carbocycles. The Morgan fingerprint density at radius 2 is 1.83 bits per heavy atom. The van der Waals surface area contributed by atoms with Crippen LogP contribution in [0.25, 0.3) is 0 Å². The quantitative estimate of drug-likeness (QED) is 0.528. The molecule has 0 bridgehead atoms. The van der Waals surface area contributed by atoms with Gasteiger partial charge in [0.15, 0.2) is 5.78 Å². The number of Topliss-reactive ketones (excluding diaryl/α,β-unsaturated/α-hetero) is 1. The maximum atomic E-state index is 12.2. The van der Waals surface area contributed by atoms with Gasteiger partial charge in [-0.15, -0.1) is 0 Å². The molecule has 0 saturated carbocycles. The summed E-state index contributed by atoms with van der Waals surface area (Å²) in [5.74, 6) is -2.53. The van der Waals surface area contributed by atoms with Gasteiger partial charge in [-0.2, -0.15) is 0 Å². The van der Waals surface area contributed by atoms with Crippen LogP contribution in [-0.2, 0) is 14.4 Å². The lowest BCUT2D eigenvalue weighted by molar-refractivity contribution is -0.137. The van der Waals surface area contributed by atoms with E-state index in [1.54, 1.807) is 20.8 Å². The molecule has 0 saturated heterocycles. The summed E-state index contributed by atoms with van der Waals surface area (Å²) >= 11 is 0. The van der Waals surface area contributed by atoms with E-state index in [0.29, 0.717) is 11.1 Å². The predicted molar refractivity (Wildman–Crippen MR) is 83.8 cm³/mol. The van der Waals surface area contributed by atoms with Gasteiger partial charge in [0.25, 0.3) is 0 Å². The van der Waals surface area contributed by atoms with Crippen LogP contribution in [0.15, 0.2) is 34.9 Å². The van der Waals surface area contributed by atoms with Crippen LogP contribution in [0, 0.1) is 5.41 Å². The van der Waals surface area contributed by atoms with E-state index < -0.39 is 29.4 Å². The predicted octanol–water partition coefficient (Wildman–Crippen LogP) is 2.09. The summed E-state index contributed by atoms with van der Waals surface area (Å²) in [7, 11) is 0. The SMILES string of the molecule is CC(C=C[C@@]1(O)C(C)=C(CC(=O)O)C(=O)CC1(C)C)=CC(=O)O. The van der Waals surface area contributed by atoms with Crippen molar-refractivity contribution in [2.75, 3.05) is 0 Å². The summed E-state index contributed by atoms with van der Waals surface area (Å²) in [6.07, 6.45) is 3.47. The zero-order valence-electron chi connectivity index (χ0n) is 13.7.